The van der Waals surface area contributed by atoms with E-state index in [9.17, 15) is 0 Å². The number of anilines is 2. The van der Waals surface area contributed by atoms with Crippen LogP contribution < -0.4 is 5.32 Å². The van der Waals surface area contributed by atoms with Crippen molar-refractivity contribution in [3.05, 3.63) is 40.8 Å². The van der Waals surface area contributed by atoms with Gasteiger partial charge in [-0.2, -0.15) is 0 Å². The van der Waals surface area contributed by atoms with E-state index in [2.05, 4.69) is 10.3 Å². The third-order valence-electron chi connectivity index (χ3n) is 3.22. The molecule has 2 aliphatic rings. The predicted octanol–water partition coefficient (Wildman–Crippen LogP) is 3.44. The number of fused-ring (bicyclic) bond motifs is 2. The zero-order valence-electron chi connectivity index (χ0n) is 22.6. The maximum absolute atomic E-state index is 8.57. The van der Waals surface area contributed by atoms with Crippen molar-refractivity contribution in [1.82, 2.24) is 9.80 Å². The van der Waals surface area contributed by atoms with Crippen LogP contribution in [-0.2, 0) is 0 Å². The average Bonchev–Trinajstić information content (AvgIpc) is 3.05. The van der Waals surface area contributed by atoms with Crippen LogP contribution in [0.5, 0.6) is 0 Å². The largest absolute Gasteiger partial charge is 0.353 e. The fourth-order valence-electron chi connectivity index (χ4n) is 2.21. The minimum atomic E-state index is -3.10. The molecular weight excluding hydrogens is 292 g/mol. The topological polar surface area (TPSA) is 30.9 Å². The summed E-state index contributed by atoms with van der Waals surface area (Å²) in [5.74, 6) is -0.412. The average molecular weight is 324 g/mol. The van der Waals surface area contributed by atoms with Gasteiger partial charge in [-0.3, -0.25) is 0 Å². The Balaban J connectivity index is 2.05. The first kappa shape index (κ1) is 6.34. The summed E-state index contributed by atoms with van der Waals surface area (Å²) in [7, 11) is 0.974. The van der Waals surface area contributed by atoms with Gasteiger partial charge in [0.05, 0.1) is 22.4 Å². The Hall–Kier alpha value is -1.85. The van der Waals surface area contributed by atoms with Gasteiger partial charge in [0.2, 0.25) is 0 Å². The number of hydrogen-bond donors (Lipinski definition) is 1. The van der Waals surface area contributed by atoms with E-state index in [1.165, 1.54) is 6.07 Å². The quantitative estimate of drug-likeness (QED) is 0.806. The molecule has 3 heterocycles. The number of para-hydroxylation sites is 2. The highest BCUT2D eigenvalue weighted by Gasteiger charge is 2.25. The van der Waals surface area contributed by atoms with Crippen LogP contribution in [0, 0.1) is 6.85 Å². The number of piperazine rings is 1. The zero-order chi connectivity index (χ0) is 24.8. The molecule has 0 atom stereocenters. The van der Waals surface area contributed by atoms with Gasteiger partial charge in [0.15, 0.2) is 0 Å². The van der Waals surface area contributed by atoms with Crippen LogP contribution in [0.4, 0.5) is 16.4 Å². The first-order valence-corrected chi connectivity index (χ1v) is 7.39. The third kappa shape index (κ3) is 2.40. The number of aliphatic imine (C=N–C) groups is 1. The van der Waals surface area contributed by atoms with Crippen molar-refractivity contribution < 1.29 is 15.1 Å². The van der Waals surface area contributed by atoms with Crippen LogP contribution in [0.2, 0.25) is 0 Å². The number of nitrogens with zero attached hydrogens (tertiary/aromatic N) is 3. The SMILES string of the molecule is [2H]C([2H])([2H])c1cc2c(s1)Nc1ccccc1N=C2N1C([2H])([2H])C([2H])([2H])N(C)C([2H])([2H])C1([2H])[2H]. The number of likely N-dealkylation sites (N-methyl/N-ethyl adjacent to an activating group) is 1. The summed E-state index contributed by atoms with van der Waals surface area (Å²) in [4.78, 5) is 5.11. The van der Waals surface area contributed by atoms with Crippen molar-refractivity contribution >= 4 is 33.5 Å². The van der Waals surface area contributed by atoms with Crippen LogP contribution >= 0.6 is 11.3 Å². The van der Waals surface area contributed by atoms with Crippen LogP contribution in [0.15, 0.2) is 35.3 Å². The summed E-state index contributed by atoms with van der Waals surface area (Å²) in [5.41, 5.74) is 0.762. The van der Waals surface area contributed by atoms with Gasteiger partial charge in [0, 0.05) is 40.5 Å². The standard InChI is InChI=1S/C17H20N4S/c1-12-11-13-16(21-9-7-20(2)8-10-21)18-14-5-3-4-6-15(14)19-17(13)22-12/h3-6,11,19H,7-10H2,1-2H3/i1D3,7D2,8D2,9D2,10D2. The molecule has 0 amide bonds. The molecule has 0 bridgehead atoms. The smallest absolute Gasteiger partial charge is 0.139 e. The molecule has 0 aliphatic carbocycles. The molecule has 1 aromatic heterocycles. The molecule has 0 unspecified atom stereocenters. The van der Waals surface area contributed by atoms with Gasteiger partial charge in [-0.15, -0.1) is 11.3 Å². The molecule has 4 nitrogen and oxygen atoms in total. The lowest BCUT2D eigenvalue weighted by molar-refractivity contribution is 0.216. The molecular formula is C17H20N4S. The number of benzene rings is 1. The van der Waals surface area contributed by atoms with Crippen molar-refractivity contribution in [2.45, 2.75) is 6.85 Å². The maximum Gasteiger partial charge on any atom is 0.139 e. The number of amidine groups is 1. The first-order valence-electron chi connectivity index (χ1n) is 12.1. The number of aryl methyl sites for hydroxylation is 1. The second kappa shape index (κ2) is 5.41. The second-order valence-electron chi connectivity index (χ2n) is 4.77. The Bertz CT molecular complexity index is 1110. The number of nitrogens with one attached hydrogen (secondary N) is 1. The molecule has 0 radical (unpaired) electrons. The molecule has 4 rings (SSSR count). The lowest BCUT2D eigenvalue weighted by Crippen LogP contribution is -2.47. The molecule has 0 saturated carbocycles. The highest BCUT2D eigenvalue weighted by atomic mass is 32.1. The number of hydrogen-bond acceptors (Lipinski definition) is 5. The van der Waals surface area contributed by atoms with Gasteiger partial charge in [-0.25, -0.2) is 4.99 Å². The maximum atomic E-state index is 8.57. The van der Waals surface area contributed by atoms with Crippen molar-refractivity contribution in [2.75, 3.05) is 38.4 Å². The molecule has 1 saturated heterocycles. The van der Waals surface area contributed by atoms with E-state index in [1.54, 1.807) is 24.3 Å². The summed E-state index contributed by atoms with van der Waals surface area (Å²) in [6.45, 7) is -14.7. The molecule has 0 spiro atoms. The Labute approximate surface area is 150 Å². The lowest BCUT2D eigenvalue weighted by atomic mass is 10.2. The van der Waals surface area contributed by atoms with Crippen molar-refractivity contribution in [1.29, 1.82) is 0 Å². The van der Waals surface area contributed by atoms with E-state index in [0.29, 0.717) is 15.5 Å². The van der Waals surface area contributed by atoms with E-state index >= 15 is 0 Å². The number of rotatable bonds is 0. The Kier molecular flexibility index (Phi) is 1.56. The van der Waals surface area contributed by atoms with E-state index in [4.69, 9.17) is 15.1 Å². The Morgan fingerprint density at radius 2 is 2.09 bits per heavy atom. The van der Waals surface area contributed by atoms with Gasteiger partial charge >= 0.3 is 0 Å². The summed E-state index contributed by atoms with van der Waals surface area (Å²) in [5, 5.41) is 3.30. The van der Waals surface area contributed by atoms with Crippen molar-refractivity contribution in [3.8, 4) is 0 Å². The van der Waals surface area contributed by atoms with E-state index in [1.807, 2.05) is 0 Å². The fraction of sp³-hybridized carbons (Fsp3) is 0.353. The predicted molar refractivity (Wildman–Crippen MR) is 94.0 cm³/mol. The molecule has 1 fully saturated rings. The van der Waals surface area contributed by atoms with Crippen molar-refractivity contribution in [3.63, 3.8) is 0 Å². The summed E-state index contributed by atoms with van der Waals surface area (Å²) in [6.07, 6.45) is 0. The molecule has 2 aromatic rings. The molecule has 1 aromatic carbocycles. The van der Waals surface area contributed by atoms with Gasteiger partial charge in [0.1, 0.15) is 10.8 Å². The molecule has 1 N–H and O–H groups in total. The van der Waals surface area contributed by atoms with E-state index in [-0.39, 0.29) is 21.1 Å². The van der Waals surface area contributed by atoms with Crippen LogP contribution in [0.1, 0.15) is 25.5 Å². The highest BCUT2D eigenvalue weighted by molar-refractivity contribution is 7.16. The first-order chi connectivity index (χ1) is 14.9. The Morgan fingerprint density at radius 3 is 2.91 bits per heavy atom. The third-order valence-corrected chi connectivity index (χ3v) is 4.09. The summed E-state index contributed by atoms with van der Waals surface area (Å²) >= 11 is 0.864. The minimum absolute atomic E-state index is 0.0335. The van der Waals surface area contributed by atoms with Crippen LogP contribution in [0.3, 0.4) is 0 Å². The Morgan fingerprint density at radius 1 is 1.27 bits per heavy atom. The van der Waals surface area contributed by atoms with E-state index < -0.39 is 38.7 Å². The molecule has 5 heteroatoms. The van der Waals surface area contributed by atoms with Gasteiger partial charge < -0.3 is 15.1 Å². The second-order valence-corrected chi connectivity index (χ2v) is 5.82. The molecule has 22 heavy (non-hydrogen) atoms. The van der Waals surface area contributed by atoms with E-state index in [0.717, 1.165) is 18.4 Å². The zero-order valence-corrected chi connectivity index (χ0v) is 12.5. The number of thiophene rings is 1. The van der Waals surface area contributed by atoms with Gasteiger partial charge in [-0.05, 0) is 32.1 Å². The van der Waals surface area contributed by atoms with Gasteiger partial charge in [-0.1, -0.05) is 12.1 Å². The van der Waals surface area contributed by atoms with Gasteiger partial charge in [0.25, 0.3) is 0 Å². The molecule has 2 aliphatic heterocycles. The summed E-state index contributed by atoms with van der Waals surface area (Å²) in [6, 6.07) is 7.83. The minimum Gasteiger partial charge on any atom is -0.353 e. The van der Waals surface area contributed by atoms with Crippen LogP contribution in [0.25, 0.3) is 0 Å². The highest BCUT2D eigenvalue weighted by Crippen LogP contribution is 2.39. The molecule has 114 valence electrons. The van der Waals surface area contributed by atoms with Crippen LogP contribution in [-0.4, -0.2) is 48.7 Å². The lowest BCUT2D eigenvalue weighted by Gasteiger charge is -2.34. The fourth-order valence-corrected chi connectivity index (χ4v) is 3.02. The normalized spacial score (nSPS) is 35.2. The van der Waals surface area contributed by atoms with Crippen molar-refractivity contribution in [2.24, 2.45) is 4.99 Å². The monoisotopic (exact) mass is 323 g/mol. The summed E-state index contributed by atoms with van der Waals surface area (Å²) < 4.78 is 90.8.